The van der Waals surface area contributed by atoms with Gasteiger partial charge in [-0.25, -0.2) is 4.79 Å². The van der Waals surface area contributed by atoms with Gasteiger partial charge in [-0.05, 0) is 30.7 Å². The Morgan fingerprint density at radius 2 is 2.12 bits per heavy atom. The average molecular weight is 283 g/mol. The lowest BCUT2D eigenvalue weighted by molar-refractivity contribution is -0.120. The van der Waals surface area contributed by atoms with Gasteiger partial charge in [-0.1, -0.05) is 15.9 Å². The minimum absolute atomic E-state index is 0.213. The van der Waals surface area contributed by atoms with Crippen LogP contribution in [0.25, 0.3) is 0 Å². The van der Waals surface area contributed by atoms with Gasteiger partial charge < -0.3 is 0 Å². The number of nitrogens with one attached hydrogen (secondary N) is 1. The lowest BCUT2D eigenvalue weighted by Gasteiger charge is -2.26. The summed E-state index contributed by atoms with van der Waals surface area (Å²) in [6.45, 7) is 2.40. The number of halogens is 1. The highest BCUT2D eigenvalue weighted by Crippen LogP contribution is 2.24. The second-order valence-corrected chi connectivity index (χ2v) is 4.54. The first-order valence-corrected chi connectivity index (χ1v) is 5.75. The number of carbonyl (C=O) groups excluding carboxylic acids is 2. The summed E-state index contributed by atoms with van der Waals surface area (Å²) in [5.41, 5.74) is 1.87. The molecule has 3 amide bonds. The SMILES string of the molecule is Cc1cc(N2CCC(=O)NC2=O)ccc1Br. The van der Waals surface area contributed by atoms with Crippen LogP contribution >= 0.6 is 15.9 Å². The summed E-state index contributed by atoms with van der Waals surface area (Å²) in [5, 5.41) is 2.30. The molecule has 84 valence electrons. The lowest BCUT2D eigenvalue weighted by atomic mass is 10.2. The molecular weight excluding hydrogens is 272 g/mol. The molecule has 16 heavy (non-hydrogen) atoms. The molecule has 0 radical (unpaired) electrons. The molecule has 0 spiro atoms. The zero-order chi connectivity index (χ0) is 11.7. The van der Waals surface area contributed by atoms with E-state index >= 15 is 0 Å². The molecule has 0 aliphatic carbocycles. The van der Waals surface area contributed by atoms with Crippen LogP contribution < -0.4 is 10.2 Å². The van der Waals surface area contributed by atoms with Crippen LogP contribution in [-0.2, 0) is 4.79 Å². The van der Waals surface area contributed by atoms with Gasteiger partial charge in [-0.15, -0.1) is 0 Å². The molecule has 0 bridgehead atoms. The number of amides is 3. The van der Waals surface area contributed by atoms with Crippen molar-refractivity contribution in [2.24, 2.45) is 0 Å². The fourth-order valence-electron chi connectivity index (χ4n) is 1.61. The smallest absolute Gasteiger partial charge is 0.294 e. The van der Waals surface area contributed by atoms with Crippen molar-refractivity contribution in [1.82, 2.24) is 5.32 Å². The van der Waals surface area contributed by atoms with Crippen LogP contribution in [0.15, 0.2) is 22.7 Å². The number of benzene rings is 1. The average Bonchev–Trinajstić information content (AvgIpc) is 2.22. The van der Waals surface area contributed by atoms with Gasteiger partial charge in [0.25, 0.3) is 0 Å². The van der Waals surface area contributed by atoms with Gasteiger partial charge >= 0.3 is 6.03 Å². The predicted molar refractivity (Wildman–Crippen MR) is 64.4 cm³/mol. The maximum Gasteiger partial charge on any atom is 0.328 e. The van der Waals surface area contributed by atoms with Gasteiger partial charge in [0.2, 0.25) is 5.91 Å². The van der Waals surface area contributed by atoms with Crippen molar-refractivity contribution in [3.8, 4) is 0 Å². The molecule has 1 aromatic carbocycles. The number of hydrogen-bond donors (Lipinski definition) is 1. The third-order valence-corrected chi connectivity index (χ3v) is 3.40. The number of anilines is 1. The first-order valence-electron chi connectivity index (χ1n) is 4.95. The highest BCUT2D eigenvalue weighted by atomic mass is 79.9. The summed E-state index contributed by atoms with van der Waals surface area (Å²) in [7, 11) is 0. The second-order valence-electron chi connectivity index (χ2n) is 3.69. The largest absolute Gasteiger partial charge is 0.328 e. The van der Waals surface area contributed by atoms with E-state index in [1.165, 1.54) is 0 Å². The Labute approximate surface area is 102 Å². The Bertz CT molecular complexity index is 459. The molecule has 1 aromatic rings. The van der Waals surface area contributed by atoms with Crippen LogP contribution in [0.4, 0.5) is 10.5 Å². The van der Waals surface area contributed by atoms with Crippen LogP contribution in [0.2, 0.25) is 0 Å². The van der Waals surface area contributed by atoms with Gasteiger partial charge in [0, 0.05) is 23.1 Å². The summed E-state index contributed by atoms with van der Waals surface area (Å²) in [6.07, 6.45) is 0.348. The molecule has 1 saturated heterocycles. The molecule has 2 rings (SSSR count). The van der Waals surface area contributed by atoms with Crippen molar-refractivity contribution in [2.75, 3.05) is 11.4 Å². The minimum Gasteiger partial charge on any atom is -0.294 e. The maximum atomic E-state index is 11.6. The molecule has 1 heterocycles. The number of nitrogens with zero attached hydrogens (tertiary/aromatic N) is 1. The highest BCUT2D eigenvalue weighted by molar-refractivity contribution is 9.10. The molecule has 0 atom stereocenters. The fourth-order valence-corrected chi connectivity index (χ4v) is 1.85. The summed E-state index contributed by atoms with van der Waals surface area (Å²) in [4.78, 5) is 24.2. The van der Waals surface area contributed by atoms with E-state index in [4.69, 9.17) is 0 Å². The van der Waals surface area contributed by atoms with E-state index in [9.17, 15) is 9.59 Å². The molecule has 1 aliphatic heterocycles. The van der Waals surface area contributed by atoms with Crippen molar-refractivity contribution in [3.63, 3.8) is 0 Å². The van der Waals surface area contributed by atoms with Crippen LogP contribution in [0, 0.1) is 6.92 Å². The Kier molecular flexibility index (Phi) is 2.96. The van der Waals surface area contributed by atoms with Crippen molar-refractivity contribution < 1.29 is 9.59 Å². The molecule has 1 aliphatic rings. The van der Waals surface area contributed by atoms with Gasteiger partial charge in [0.15, 0.2) is 0 Å². The summed E-state index contributed by atoms with van der Waals surface area (Å²) < 4.78 is 1.00. The van der Waals surface area contributed by atoms with E-state index in [1.54, 1.807) is 4.90 Å². The third-order valence-electron chi connectivity index (χ3n) is 2.51. The van der Waals surface area contributed by atoms with E-state index in [0.29, 0.717) is 13.0 Å². The molecule has 0 aromatic heterocycles. The van der Waals surface area contributed by atoms with Crippen molar-refractivity contribution in [1.29, 1.82) is 0 Å². The first-order chi connectivity index (χ1) is 7.58. The van der Waals surface area contributed by atoms with Crippen molar-refractivity contribution in [3.05, 3.63) is 28.2 Å². The zero-order valence-electron chi connectivity index (χ0n) is 8.79. The lowest BCUT2D eigenvalue weighted by Crippen LogP contribution is -2.49. The highest BCUT2D eigenvalue weighted by Gasteiger charge is 2.24. The number of aryl methyl sites for hydroxylation is 1. The number of imide groups is 1. The van der Waals surface area contributed by atoms with Gasteiger partial charge in [-0.3, -0.25) is 15.0 Å². The molecular formula is C11H11BrN2O2. The van der Waals surface area contributed by atoms with Gasteiger partial charge in [-0.2, -0.15) is 0 Å². The van der Waals surface area contributed by atoms with E-state index in [2.05, 4.69) is 21.2 Å². The van der Waals surface area contributed by atoms with Crippen molar-refractivity contribution >= 4 is 33.6 Å². The Balaban J connectivity index is 2.27. The van der Waals surface area contributed by atoms with E-state index in [-0.39, 0.29) is 11.9 Å². The predicted octanol–water partition coefficient (Wildman–Crippen LogP) is 2.20. The van der Waals surface area contributed by atoms with Crippen LogP contribution in [0.5, 0.6) is 0 Å². The van der Waals surface area contributed by atoms with Crippen LogP contribution in [-0.4, -0.2) is 18.5 Å². The van der Waals surface area contributed by atoms with Crippen LogP contribution in [0.1, 0.15) is 12.0 Å². The number of carbonyl (C=O) groups is 2. The summed E-state index contributed by atoms with van der Waals surface area (Å²) >= 11 is 3.40. The van der Waals surface area contributed by atoms with Gasteiger partial charge in [0.05, 0.1) is 0 Å². The normalized spacial score (nSPS) is 16.2. The third kappa shape index (κ3) is 2.09. The van der Waals surface area contributed by atoms with Crippen LogP contribution in [0.3, 0.4) is 0 Å². The second kappa shape index (κ2) is 4.25. The molecule has 1 fully saturated rings. The molecule has 1 N–H and O–H groups in total. The van der Waals surface area contributed by atoms with E-state index < -0.39 is 0 Å². The molecule has 0 saturated carbocycles. The molecule has 4 nitrogen and oxygen atoms in total. The summed E-state index contributed by atoms with van der Waals surface area (Å²) in [6, 6.07) is 5.32. The Morgan fingerprint density at radius 3 is 2.75 bits per heavy atom. The zero-order valence-corrected chi connectivity index (χ0v) is 10.4. The maximum absolute atomic E-state index is 11.6. The van der Waals surface area contributed by atoms with E-state index in [0.717, 1.165) is 15.7 Å². The molecule has 5 heteroatoms. The monoisotopic (exact) mass is 282 g/mol. The first kappa shape index (κ1) is 11.1. The topological polar surface area (TPSA) is 49.4 Å². The van der Waals surface area contributed by atoms with E-state index in [1.807, 2.05) is 25.1 Å². The number of rotatable bonds is 1. The van der Waals surface area contributed by atoms with Gasteiger partial charge in [0.1, 0.15) is 0 Å². The number of urea groups is 1. The summed E-state index contributed by atoms with van der Waals surface area (Å²) in [5.74, 6) is -0.213. The standard InChI is InChI=1S/C11H11BrN2O2/c1-7-6-8(2-3-9(7)12)14-5-4-10(15)13-11(14)16/h2-3,6H,4-5H2,1H3,(H,13,15,16). The number of hydrogen-bond acceptors (Lipinski definition) is 2. The molecule has 0 unspecified atom stereocenters. The Hall–Kier alpha value is -1.36. The fraction of sp³-hybridized carbons (Fsp3) is 0.273. The van der Waals surface area contributed by atoms with Crippen molar-refractivity contribution in [2.45, 2.75) is 13.3 Å². The minimum atomic E-state index is -0.349. The quantitative estimate of drug-likeness (QED) is 0.859. The Morgan fingerprint density at radius 1 is 1.38 bits per heavy atom.